The third-order valence-electron chi connectivity index (χ3n) is 10.2. The van der Waals surface area contributed by atoms with Crippen LogP contribution >= 0.6 is 0 Å². The Morgan fingerprint density at radius 2 is 1.37 bits per heavy atom. The summed E-state index contributed by atoms with van der Waals surface area (Å²) >= 11 is 0. The van der Waals surface area contributed by atoms with E-state index in [1.807, 2.05) is 54.6 Å². The topological polar surface area (TPSA) is 58.2 Å². The van der Waals surface area contributed by atoms with Crippen molar-refractivity contribution in [3.05, 3.63) is 108 Å². The molecule has 0 bridgehead atoms. The number of piperidine rings is 1. The van der Waals surface area contributed by atoms with Gasteiger partial charge in [-0.1, -0.05) is 111 Å². The average molecular weight is 738 g/mol. The highest BCUT2D eigenvalue weighted by Crippen LogP contribution is 2.42. The lowest BCUT2D eigenvalue weighted by atomic mass is 9.67. The highest BCUT2D eigenvalue weighted by molar-refractivity contribution is 5.80. The van der Waals surface area contributed by atoms with Crippen LogP contribution in [-0.2, 0) is 15.0 Å². The number of likely N-dealkylation sites (tertiary alicyclic amines) is 1. The molecule has 3 atom stereocenters. The van der Waals surface area contributed by atoms with E-state index < -0.39 is 5.41 Å². The van der Waals surface area contributed by atoms with E-state index in [0.717, 1.165) is 48.4 Å². The number of benzene rings is 3. The lowest BCUT2D eigenvalue weighted by Gasteiger charge is -2.45. The first-order valence-electron chi connectivity index (χ1n) is 17.5. The molecule has 2 N–H and O–H groups in total. The largest absolute Gasteiger partial charge is 1.00 e. The fourth-order valence-corrected chi connectivity index (χ4v) is 7.42. The van der Waals surface area contributed by atoms with Gasteiger partial charge in [0.15, 0.2) is 0 Å². The number of hydrogen-bond donors (Lipinski definition) is 2. The van der Waals surface area contributed by atoms with Gasteiger partial charge in [-0.3, -0.25) is 9.59 Å². The number of hydrogen-bond acceptors (Lipinski definition) is 2. The summed E-state index contributed by atoms with van der Waals surface area (Å²) in [5, 5.41) is 6.44. The first-order valence-corrected chi connectivity index (χ1v) is 17.5. The minimum atomic E-state index is -0.589. The maximum atomic E-state index is 13.5. The van der Waals surface area contributed by atoms with Crippen LogP contribution in [0.4, 0.5) is 0 Å². The standard InChI is InChI=1S/C40H55N3O2.HI/c1-4-33(3)31-43(5-2)28-18-19-34(32-43)30-42-38(44)26-16-9-17-27-41-39(45)29-40(35-20-10-6-11-21-35,36-22-12-7-13-23-36)37-24-14-8-15-25-37;/h6-8,10-15,20-25,33-34H,4-5,9,16-19,26-32H2,1-3H3,(H-,41,42,44,45);1H/t33-,34-,43?;/m0./s1. The summed E-state index contributed by atoms with van der Waals surface area (Å²) in [6.07, 6.45) is 7.23. The van der Waals surface area contributed by atoms with Crippen molar-refractivity contribution in [3.63, 3.8) is 0 Å². The molecule has 1 aliphatic rings. The van der Waals surface area contributed by atoms with E-state index in [1.165, 1.54) is 49.9 Å². The van der Waals surface area contributed by atoms with Crippen LogP contribution in [0, 0.1) is 11.8 Å². The number of amides is 2. The highest BCUT2D eigenvalue weighted by Gasteiger charge is 2.38. The van der Waals surface area contributed by atoms with E-state index in [0.29, 0.717) is 25.3 Å². The Kier molecular flexibility index (Phi) is 15.7. The molecule has 5 nitrogen and oxygen atoms in total. The van der Waals surface area contributed by atoms with Gasteiger partial charge in [-0.05, 0) is 55.7 Å². The van der Waals surface area contributed by atoms with Gasteiger partial charge in [-0.15, -0.1) is 0 Å². The molecular formula is C40H56IN3O2. The number of halogens is 1. The molecule has 1 heterocycles. The van der Waals surface area contributed by atoms with Crippen molar-refractivity contribution in [2.45, 2.75) is 77.6 Å². The van der Waals surface area contributed by atoms with Gasteiger partial charge in [-0.2, -0.15) is 0 Å². The number of quaternary nitrogens is 1. The monoisotopic (exact) mass is 737 g/mol. The van der Waals surface area contributed by atoms with Gasteiger partial charge in [0.25, 0.3) is 0 Å². The van der Waals surface area contributed by atoms with Crippen molar-refractivity contribution in [2.24, 2.45) is 11.8 Å². The molecule has 0 aromatic heterocycles. The molecule has 46 heavy (non-hydrogen) atoms. The van der Waals surface area contributed by atoms with Crippen LogP contribution in [0.2, 0.25) is 0 Å². The molecule has 1 fully saturated rings. The maximum Gasteiger partial charge on any atom is 0.221 e. The first-order chi connectivity index (χ1) is 21.9. The maximum absolute atomic E-state index is 13.5. The third kappa shape index (κ3) is 10.4. The summed E-state index contributed by atoms with van der Waals surface area (Å²) in [6, 6.07) is 31.1. The predicted octanol–water partition coefficient (Wildman–Crippen LogP) is 4.50. The van der Waals surface area contributed by atoms with Crippen LogP contribution in [0.5, 0.6) is 0 Å². The van der Waals surface area contributed by atoms with E-state index in [1.54, 1.807) is 0 Å². The summed E-state index contributed by atoms with van der Waals surface area (Å²) in [5.41, 5.74) is 2.72. The molecule has 1 unspecified atom stereocenters. The molecule has 4 rings (SSSR count). The molecule has 1 aliphatic heterocycles. The summed E-state index contributed by atoms with van der Waals surface area (Å²) < 4.78 is 1.21. The Balaban J connectivity index is 0.00000576. The summed E-state index contributed by atoms with van der Waals surface area (Å²) in [6.45, 7) is 13.4. The smallest absolute Gasteiger partial charge is 0.221 e. The van der Waals surface area contributed by atoms with Gasteiger partial charge in [0.1, 0.15) is 0 Å². The van der Waals surface area contributed by atoms with Crippen LogP contribution in [0.25, 0.3) is 0 Å². The minimum absolute atomic E-state index is 0. The number of nitrogens with zero attached hydrogens (tertiary/aromatic N) is 1. The fourth-order valence-electron chi connectivity index (χ4n) is 7.42. The number of nitrogens with one attached hydrogen (secondary N) is 2. The number of carbonyl (C=O) groups is 2. The van der Waals surface area contributed by atoms with Crippen molar-refractivity contribution in [2.75, 3.05) is 39.3 Å². The van der Waals surface area contributed by atoms with Gasteiger partial charge in [0.05, 0.1) is 31.6 Å². The highest BCUT2D eigenvalue weighted by atomic mass is 127. The SMILES string of the molecule is CC[C@H](C)C[N+]1(CC)CCC[C@@H](CNC(=O)CCCCCNC(=O)CC(c2ccccc2)(c2ccccc2)c2ccccc2)C1.[I-]. The molecule has 1 saturated heterocycles. The lowest BCUT2D eigenvalue weighted by Crippen LogP contribution is -3.00. The fraction of sp³-hybridized carbons (Fsp3) is 0.500. The van der Waals surface area contributed by atoms with E-state index in [4.69, 9.17) is 0 Å². The third-order valence-corrected chi connectivity index (χ3v) is 10.2. The van der Waals surface area contributed by atoms with Crippen molar-refractivity contribution in [1.29, 1.82) is 0 Å². The van der Waals surface area contributed by atoms with Crippen molar-refractivity contribution < 1.29 is 38.0 Å². The Bertz CT molecular complexity index is 1210. The zero-order valence-corrected chi connectivity index (χ0v) is 30.5. The molecule has 250 valence electrons. The Morgan fingerprint density at radius 3 is 1.89 bits per heavy atom. The molecule has 0 aliphatic carbocycles. The van der Waals surface area contributed by atoms with E-state index in [-0.39, 0.29) is 35.8 Å². The predicted molar refractivity (Wildman–Crippen MR) is 186 cm³/mol. The van der Waals surface area contributed by atoms with Gasteiger partial charge >= 0.3 is 0 Å². The first kappa shape index (κ1) is 37.7. The Morgan fingerprint density at radius 1 is 0.804 bits per heavy atom. The van der Waals surface area contributed by atoms with Crippen molar-refractivity contribution >= 4 is 11.8 Å². The summed E-state index contributed by atoms with van der Waals surface area (Å²) in [5.74, 6) is 1.53. The van der Waals surface area contributed by atoms with E-state index >= 15 is 0 Å². The summed E-state index contributed by atoms with van der Waals surface area (Å²) in [7, 11) is 0. The normalized spacial score (nSPS) is 18.6. The van der Waals surface area contributed by atoms with Crippen LogP contribution < -0.4 is 34.6 Å². The van der Waals surface area contributed by atoms with Crippen LogP contribution in [-0.4, -0.2) is 55.6 Å². The lowest BCUT2D eigenvalue weighted by molar-refractivity contribution is -0.937. The van der Waals surface area contributed by atoms with E-state index in [2.05, 4.69) is 67.8 Å². The number of rotatable bonds is 17. The van der Waals surface area contributed by atoms with Gasteiger partial charge in [0.2, 0.25) is 11.8 Å². The zero-order valence-electron chi connectivity index (χ0n) is 28.4. The second-order valence-corrected chi connectivity index (χ2v) is 13.4. The summed E-state index contributed by atoms with van der Waals surface area (Å²) in [4.78, 5) is 26.2. The molecule has 3 aromatic carbocycles. The molecule has 0 spiro atoms. The zero-order chi connectivity index (χ0) is 32.0. The van der Waals surface area contributed by atoms with Gasteiger partial charge in [-0.25, -0.2) is 0 Å². The average Bonchev–Trinajstić information content (AvgIpc) is 3.09. The molecule has 3 aromatic rings. The molecular weight excluding hydrogens is 681 g/mol. The second kappa shape index (κ2) is 19.2. The van der Waals surface area contributed by atoms with Gasteiger partial charge < -0.3 is 39.1 Å². The van der Waals surface area contributed by atoms with Crippen molar-refractivity contribution in [1.82, 2.24) is 10.6 Å². The Labute approximate surface area is 295 Å². The molecule has 0 radical (unpaired) electrons. The van der Waals surface area contributed by atoms with Gasteiger partial charge in [0, 0.05) is 37.8 Å². The van der Waals surface area contributed by atoms with Crippen molar-refractivity contribution in [3.8, 4) is 0 Å². The quantitative estimate of drug-likeness (QED) is 0.0929. The van der Waals surface area contributed by atoms with Crippen LogP contribution in [0.1, 0.15) is 88.8 Å². The van der Waals surface area contributed by atoms with Crippen LogP contribution in [0.3, 0.4) is 0 Å². The minimum Gasteiger partial charge on any atom is -1.00 e. The second-order valence-electron chi connectivity index (χ2n) is 13.4. The molecule has 6 heteroatoms. The Hall–Kier alpha value is -2.71. The van der Waals surface area contributed by atoms with E-state index in [9.17, 15) is 9.59 Å². The van der Waals surface area contributed by atoms with Crippen LogP contribution in [0.15, 0.2) is 91.0 Å². The number of carbonyl (C=O) groups excluding carboxylic acids is 2. The molecule has 2 amide bonds. The number of unbranched alkanes of at least 4 members (excludes halogenated alkanes) is 2. The molecule has 0 saturated carbocycles.